The highest BCUT2D eigenvalue weighted by Crippen LogP contribution is 2.11. The highest BCUT2D eigenvalue weighted by atomic mass is 35.5. The van der Waals surface area contributed by atoms with Gasteiger partial charge in [-0.3, -0.25) is 10.0 Å². The Labute approximate surface area is 208 Å². The van der Waals surface area contributed by atoms with Crippen LogP contribution in [0.1, 0.15) is 11.1 Å². The van der Waals surface area contributed by atoms with Crippen molar-refractivity contribution in [2.45, 2.75) is 6.04 Å². The number of halogens is 2. The number of rotatable bonds is 12. The van der Waals surface area contributed by atoms with Gasteiger partial charge in [-0.25, -0.2) is 31.8 Å². The summed E-state index contributed by atoms with van der Waals surface area (Å²) < 4.78 is 53.4. The fraction of sp³-hybridized carbons (Fsp3) is 0.190. The van der Waals surface area contributed by atoms with Crippen LogP contribution in [0, 0.1) is 0 Å². The van der Waals surface area contributed by atoms with Crippen molar-refractivity contribution in [3.8, 4) is 0 Å². The molecule has 1 atom stereocenters. The van der Waals surface area contributed by atoms with E-state index in [4.69, 9.17) is 28.4 Å². The van der Waals surface area contributed by atoms with E-state index in [1.807, 2.05) is 0 Å². The first-order valence-corrected chi connectivity index (χ1v) is 13.8. The van der Waals surface area contributed by atoms with Crippen molar-refractivity contribution in [2.24, 2.45) is 0 Å². The smallest absolute Gasteiger partial charge is 0.262 e. The van der Waals surface area contributed by atoms with Crippen molar-refractivity contribution in [3.63, 3.8) is 0 Å². The van der Waals surface area contributed by atoms with Crippen LogP contribution in [0.25, 0.3) is 12.2 Å². The Bertz CT molecular complexity index is 1230. The van der Waals surface area contributed by atoms with Gasteiger partial charge >= 0.3 is 0 Å². The summed E-state index contributed by atoms with van der Waals surface area (Å²) in [6.45, 7) is -0.607. The van der Waals surface area contributed by atoms with Gasteiger partial charge in [0.15, 0.2) is 0 Å². The van der Waals surface area contributed by atoms with Crippen molar-refractivity contribution in [3.05, 3.63) is 81.9 Å². The molecule has 184 valence electrons. The topological polar surface area (TPSA) is 142 Å². The number of nitrogens with one attached hydrogen (secondary N) is 3. The van der Waals surface area contributed by atoms with Crippen molar-refractivity contribution in [2.75, 3.05) is 18.1 Å². The van der Waals surface area contributed by atoms with E-state index in [1.54, 1.807) is 60.7 Å². The van der Waals surface area contributed by atoms with Crippen LogP contribution in [0.2, 0.25) is 10.0 Å². The molecule has 0 spiro atoms. The third-order valence-electron chi connectivity index (χ3n) is 4.25. The molecule has 13 heteroatoms. The van der Waals surface area contributed by atoms with Crippen molar-refractivity contribution < 1.29 is 26.8 Å². The number of carbonyl (C=O) groups excluding carboxylic acids is 1. The first-order valence-electron chi connectivity index (χ1n) is 9.75. The summed E-state index contributed by atoms with van der Waals surface area (Å²) in [4.78, 5) is 11.9. The molecule has 0 aromatic heterocycles. The molecule has 0 saturated carbocycles. The third kappa shape index (κ3) is 10.3. The first kappa shape index (κ1) is 28.0. The molecule has 4 N–H and O–H groups in total. The zero-order valence-electron chi connectivity index (χ0n) is 17.7. The van der Waals surface area contributed by atoms with Gasteiger partial charge in [0.05, 0.1) is 11.5 Å². The summed E-state index contributed by atoms with van der Waals surface area (Å²) in [6, 6.07) is 11.8. The van der Waals surface area contributed by atoms with Crippen LogP contribution >= 0.6 is 23.2 Å². The van der Waals surface area contributed by atoms with E-state index < -0.39 is 50.0 Å². The second kappa shape index (κ2) is 13.0. The van der Waals surface area contributed by atoms with Gasteiger partial charge in [0.25, 0.3) is 5.91 Å². The van der Waals surface area contributed by atoms with E-state index in [1.165, 1.54) is 17.6 Å². The minimum atomic E-state index is -4.03. The Kier molecular flexibility index (Phi) is 10.7. The Morgan fingerprint density at radius 1 is 0.824 bits per heavy atom. The Morgan fingerprint density at radius 2 is 1.26 bits per heavy atom. The molecule has 2 aromatic carbocycles. The molecule has 34 heavy (non-hydrogen) atoms. The highest BCUT2D eigenvalue weighted by molar-refractivity contribution is 7.90. The molecule has 1 amide bonds. The first-order chi connectivity index (χ1) is 16.0. The van der Waals surface area contributed by atoms with E-state index in [2.05, 4.69) is 9.44 Å². The molecule has 2 rings (SSSR count). The van der Waals surface area contributed by atoms with E-state index in [9.17, 15) is 21.6 Å². The Morgan fingerprint density at radius 3 is 1.71 bits per heavy atom. The van der Waals surface area contributed by atoms with Gasteiger partial charge in [-0.1, -0.05) is 71.8 Å². The quantitative estimate of drug-likeness (QED) is 0.237. The fourth-order valence-electron chi connectivity index (χ4n) is 2.57. The van der Waals surface area contributed by atoms with Crippen molar-refractivity contribution >= 4 is 61.3 Å². The monoisotopic (exact) mass is 547 g/mol. The number of hydroxylamine groups is 1. The second-order valence-corrected chi connectivity index (χ2v) is 11.5. The lowest BCUT2D eigenvalue weighted by Gasteiger charge is -2.16. The molecule has 0 radical (unpaired) electrons. The molecule has 0 bridgehead atoms. The molecule has 0 saturated heterocycles. The van der Waals surface area contributed by atoms with E-state index in [0.717, 1.165) is 5.56 Å². The van der Waals surface area contributed by atoms with Crippen LogP contribution in [0.3, 0.4) is 0 Å². The number of carbonyl (C=O) groups is 1. The van der Waals surface area contributed by atoms with Crippen molar-refractivity contribution in [1.29, 1.82) is 0 Å². The van der Waals surface area contributed by atoms with Crippen LogP contribution in [0.5, 0.6) is 0 Å². The van der Waals surface area contributed by atoms with Gasteiger partial charge in [-0.15, -0.1) is 0 Å². The number of amides is 1. The summed E-state index contributed by atoms with van der Waals surface area (Å²) in [5, 5.41) is 9.99. The van der Waals surface area contributed by atoms with Crippen LogP contribution in [-0.2, 0) is 24.8 Å². The summed E-state index contributed by atoms with van der Waals surface area (Å²) >= 11 is 11.6. The SMILES string of the molecule is O=C(NO)C(CNS(=O)(=O)CC=Cc1ccc(Cl)cc1)NS(=O)(=O)CC=Cc1ccc(Cl)cc1. The second-order valence-electron chi connectivity index (χ2n) is 6.97. The number of hydrogen-bond donors (Lipinski definition) is 4. The van der Waals surface area contributed by atoms with Gasteiger partial charge in [0.1, 0.15) is 6.04 Å². The zero-order valence-corrected chi connectivity index (χ0v) is 20.8. The molecular weight excluding hydrogens is 525 g/mol. The maximum absolute atomic E-state index is 12.3. The Balaban J connectivity index is 1.95. The predicted molar refractivity (Wildman–Crippen MR) is 133 cm³/mol. The molecule has 0 aliphatic heterocycles. The van der Waals surface area contributed by atoms with Gasteiger partial charge in [-0.2, -0.15) is 0 Å². The number of benzene rings is 2. The Hall–Kier alpha value is -2.25. The predicted octanol–water partition coefficient (Wildman–Crippen LogP) is 2.43. The van der Waals surface area contributed by atoms with Gasteiger partial charge in [0, 0.05) is 16.6 Å². The van der Waals surface area contributed by atoms with Crippen LogP contribution < -0.4 is 14.9 Å². The summed E-state index contributed by atoms with van der Waals surface area (Å²) in [6.07, 6.45) is 5.86. The summed E-state index contributed by atoms with van der Waals surface area (Å²) in [7, 11) is -7.93. The minimum absolute atomic E-state index is 0.417. The third-order valence-corrected chi connectivity index (χ3v) is 7.26. The van der Waals surface area contributed by atoms with E-state index in [0.29, 0.717) is 15.6 Å². The van der Waals surface area contributed by atoms with Gasteiger partial charge in [-0.05, 0) is 35.4 Å². The lowest BCUT2D eigenvalue weighted by atomic mass is 10.2. The maximum Gasteiger partial charge on any atom is 0.262 e. The number of hydrogen-bond acceptors (Lipinski definition) is 6. The largest absolute Gasteiger partial charge is 0.289 e. The molecule has 0 aliphatic rings. The van der Waals surface area contributed by atoms with Crippen LogP contribution in [0.4, 0.5) is 0 Å². The van der Waals surface area contributed by atoms with E-state index in [-0.39, 0.29) is 0 Å². The van der Waals surface area contributed by atoms with E-state index >= 15 is 0 Å². The van der Waals surface area contributed by atoms with Crippen molar-refractivity contribution in [1.82, 2.24) is 14.9 Å². The highest BCUT2D eigenvalue weighted by Gasteiger charge is 2.25. The molecular formula is C21H23Cl2N3O6S2. The van der Waals surface area contributed by atoms with Crippen LogP contribution in [-0.4, -0.2) is 52.0 Å². The fourth-order valence-corrected chi connectivity index (χ4v) is 4.78. The van der Waals surface area contributed by atoms with Crippen LogP contribution in [0.15, 0.2) is 60.7 Å². The average Bonchev–Trinajstić information content (AvgIpc) is 2.78. The normalized spacial score (nSPS) is 13.4. The summed E-state index contributed by atoms with van der Waals surface area (Å²) in [5.41, 5.74) is 2.77. The number of sulfonamides is 2. The maximum atomic E-state index is 12.3. The molecule has 9 nitrogen and oxygen atoms in total. The average molecular weight is 548 g/mol. The van der Waals surface area contributed by atoms with Gasteiger partial charge < -0.3 is 0 Å². The standard InChI is InChI=1S/C21H23Cl2N3O6S2/c22-18-9-5-16(6-10-18)3-1-13-33(29,30)24-15-20(21(27)25-28)26-34(31,32)14-2-4-17-7-11-19(23)12-8-17/h1-12,20,24,26,28H,13-15H2,(H,25,27). The lowest BCUT2D eigenvalue weighted by molar-refractivity contribution is -0.130. The minimum Gasteiger partial charge on any atom is -0.289 e. The molecule has 0 aliphatic carbocycles. The zero-order chi connectivity index (χ0) is 25.2. The van der Waals surface area contributed by atoms with Gasteiger partial charge in [0.2, 0.25) is 20.0 Å². The molecule has 1 unspecified atom stereocenters. The summed E-state index contributed by atoms with van der Waals surface area (Å²) in [5.74, 6) is -2.02. The molecule has 2 aromatic rings. The lowest BCUT2D eigenvalue weighted by Crippen LogP contribution is -2.52. The molecule has 0 fully saturated rings. The molecule has 0 heterocycles.